The lowest BCUT2D eigenvalue weighted by atomic mass is 9.84. The molecule has 1 aromatic heterocycles. The van der Waals surface area contributed by atoms with Crippen LogP contribution in [0.15, 0.2) is 6.20 Å². The van der Waals surface area contributed by atoms with Crippen molar-refractivity contribution in [2.45, 2.75) is 51.7 Å². The van der Waals surface area contributed by atoms with Crippen LogP contribution in [0.4, 0.5) is 0 Å². The molecule has 1 aromatic rings. The van der Waals surface area contributed by atoms with E-state index in [9.17, 15) is 4.79 Å². The van der Waals surface area contributed by atoms with Crippen LogP contribution in [-0.4, -0.2) is 40.6 Å². The van der Waals surface area contributed by atoms with Crippen LogP contribution in [0.25, 0.3) is 0 Å². The van der Waals surface area contributed by atoms with E-state index < -0.39 is 0 Å². The summed E-state index contributed by atoms with van der Waals surface area (Å²) in [4.78, 5) is 18.8. The molecule has 2 heterocycles. The van der Waals surface area contributed by atoms with E-state index in [0.29, 0.717) is 24.5 Å². The van der Waals surface area contributed by atoms with Crippen molar-refractivity contribution in [2.24, 2.45) is 5.92 Å². The zero-order chi connectivity index (χ0) is 14.8. The summed E-state index contributed by atoms with van der Waals surface area (Å²) in [7, 11) is 1.70. The Labute approximate surface area is 126 Å². The van der Waals surface area contributed by atoms with E-state index in [1.165, 1.54) is 12.1 Å². The predicted octanol–water partition coefficient (Wildman–Crippen LogP) is 2.30. The number of hydrogen-bond acceptors (Lipinski definition) is 3. The monoisotopic (exact) mass is 291 g/mol. The first-order chi connectivity index (χ1) is 10.2. The molecule has 116 valence electrons. The molecule has 5 nitrogen and oxygen atoms in total. The van der Waals surface area contributed by atoms with Crippen molar-refractivity contribution in [1.82, 2.24) is 14.5 Å². The molecule has 0 spiro atoms. The molecule has 0 atom stereocenters. The standard InChI is InChI=1S/C16H25N3O2/c1-12-10-17-15(11-21-2)19(12)14-6-8-18(9-7-14)16(20)13-4-3-5-13/h10,13-14H,3-9,11H2,1-2H3. The number of nitrogens with zero attached hydrogens (tertiary/aromatic N) is 3. The number of carbonyl (C=O) groups excluding carboxylic acids is 1. The number of likely N-dealkylation sites (tertiary alicyclic amines) is 1. The van der Waals surface area contributed by atoms with Gasteiger partial charge in [0, 0.05) is 44.0 Å². The second-order valence-electron chi connectivity index (χ2n) is 6.30. The minimum atomic E-state index is 0.320. The highest BCUT2D eigenvalue weighted by atomic mass is 16.5. The van der Waals surface area contributed by atoms with Crippen LogP contribution >= 0.6 is 0 Å². The third-order valence-electron chi connectivity index (χ3n) is 4.93. The average Bonchev–Trinajstić information content (AvgIpc) is 2.79. The fourth-order valence-electron chi connectivity index (χ4n) is 3.49. The van der Waals surface area contributed by atoms with E-state index in [4.69, 9.17) is 4.74 Å². The molecule has 2 fully saturated rings. The second-order valence-corrected chi connectivity index (χ2v) is 6.30. The van der Waals surface area contributed by atoms with Crippen molar-refractivity contribution in [3.63, 3.8) is 0 Å². The van der Waals surface area contributed by atoms with Crippen molar-refractivity contribution < 1.29 is 9.53 Å². The van der Waals surface area contributed by atoms with Crippen LogP contribution in [0.2, 0.25) is 0 Å². The van der Waals surface area contributed by atoms with E-state index in [1.54, 1.807) is 7.11 Å². The van der Waals surface area contributed by atoms with E-state index in [2.05, 4.69) is 21.4 Å². The lowest BCUT2D eigenvalue weighted by molar-refractivity contribution is -0.139. The highest BCUT2D eigenvalue weighted by molar-refractivity contribution is 5.79. The van der Waals surface area contributed by atoms with Gasteiger partial charge >= 0.3 is 0 Å². The number of aromatic nitrogens is 2. The number of aryl methyl sites for hydroxylation is 1. The number of imidazole rings is 1. The number of piperidine rings is 1. The maximum absolute atomic E-state index is 12.3. The summed E-state index contributed by atoms with van der Waals surface area (Å²) in [5, 5.41) is 0. The van der Waals surface area contributed by atoms with E-state index in [1.807, 2.05) is 6.20 Å². The van der Waals surface area contributed by atoms with Crippen molar-refractivity contribution >= 4 is 5.91 Å². The minimum absolute atomic E-state index is 0.320. The average molecular weight is 291 g/mol. The van der Waals surface area contributed by atoms with Crippen LogP contribution in [0.5, 0.6) is 0 Å². The first kappa shape index (κ1) is 14.6. The summed E-state index contributed by atoms with van der Waals surface area (Å²) in [5.74, 6) is 1.71. The van der Waals surface area contributed by atoms with Crippen LogP contribution in [0, 0.1) is 12.8 Å². The lowest BCUT2D eigenvalue weighted by Gasteiger charge is -2.37. The Balaban J connectivity index is 1.62. The van der Waals surface area contributed by atoms with Crippen molar-refractivity contribution in [3.8, 4) is 0 Å². The molecule has 0 radical (unpaired) electrons. The fraction of sp³-hybridized carbons (Fsp3) is 0.750. The summed E-state index contributed by atoms with van der Waals surface area (Å²) in [6.45, 7) is 4.40. The maximum atomic E-state index is 12.3. The summed E-state index contributed by atoms with van der Waals surface area (Å²) < 4.78 is 7.54. The second kappa shape index (κ2) is 6.18. The Hall–Kier alpha value is -1.36. The fourth-order valence-corrected chi connectivity index (χ4v) is 3.49. The van der Waals surface area contributed by atoms with Crippen molar-refractivity contribution in [3.05, 3.63) is 17.7 Å². The summed E-state index contributed by atoms with van der Waals surface area (Å²) in [6.07, 6.45) is 7.37. The van der Waals surface area contributed by atoms with Gasteiger partial charge in [0.25, 0.3) is 0 Å². The summed E-state index contributed by atoms with van der Waals surface area (Å²) in [5.41, 5.74) is 1.19. The van der Waals surface area contributed by atoms with Gasteiger partial charge in [-0.05, 0) is 32.6 Å². The molecule has 1 saturated carbocycles. The van der Waals surface area contributed by atoms with Gasteiger partial charge in [0.1, 0.15) is 12.4 Å². The van der Waals surface area contributed by atoms with Gasteiger partial charge < -0.3 is 14.2 Å². The van der Waals surface area contributed by atoms with Gasteiger partial charge in [-0.3, -0.25) is 4.79 Å². The summed E-state index contributed by atoms with van der Waals surface area (Å²) in [6, 6.07) is 0.447. The van der Waals surface area contributed by atoms with Gasteiger partial charge in [-0.2, -0.15) is 0 Å². The minimum Gasteiger partial charge on any atom is -0.377 e. The Morgan fingerprint density at radius 3 is 2.62 bits per heavy atom. The zero-order valence-corrected chi connectivity index (χ0v) is 13.0. The number of amides is 1. The van der Waals surface area contributed by atoms with Crippen molar-refractivity contribution in [1.29, 1.82) is 0 Å². The molecule has 3 rings (SSSR count). The van der Waals surface area contributed by atoms with Gasteiger partial charge in [0.15, 0.2) is 0 Å². The van der Waals surface area contributed by atoms with Crippen LogP contribution < -0.4 is 0 Å². The quantitative estimate of drug-likeness (QED) is 0.855. The van der Waals surface area contributed by atoms with Gasteiger partial charge in [-0.1, -0.05) is 6.42 Å². The molecular formula is C16H25N3O2. The van der Waals surface area contributed by atoms with Crippen molar-refractivity contribution in [2.75, 3.05) is 20.2 Å². The van der Waals surface area contributed by atoms with Gasteiger partial charge in [-0.25, -0.2) is 4.98 Å². The zero-order valence-electron chi connectivity index (χ0n) is 13.0. The highest BCUT2D eigenvalue weighted by Gasteiger charge is 2.32. The number of methoxy groups -OCH3 is 1. The van der Waals surface area contributed by atoms with Crippen LogP contribution in [0.1, 0.15) is 49.7 Å². The topological polar surface area (TPSA) is 47.4 Å². The largest absolute Gasteiger partial charge is 0.377 e. The summed E-state index contributed by atoms with van der Waals surface area (Å²) >= 11 is 0. The maximum Gasteiger partial charge on any atom is 0.225 e. The van der Waals surface area contributed by atoms with Gasteiger partial charge in [0.2, 0.25) is 5.91 Å². The Kier molecular flexibility index (Phi) is 4.29. The van der Waals surface area contributed by atoms with Crippen LogP contribution in [0.3, 0.4) is 0 Å². The molecule has 0 aromatic carbocycles. The SMILES string of the molecule is COCc1ncc(C)n1C1CCN(C(=O)C2CCC2)CC1. The smallest absolute Gasteiger partial charge is 0.225 e. The number of hydrogen-bond donors (Lipinski definition) is 0. The third kappa shape index (κ3) is 2.84. The van der Waals surface area contributed by atoms with Gasteiger partial charge in [-0.15, -0.1) is 0 Å². The van der Waals surface area contributed by atoms with E-state index in [-0.39, 0.29) is 0 Å². The molecule has 1 amide bonds. The predicted molar refractivity (Wildman–Crippen MR) is 79.9 cm³/mol. The number of ether oxygens (including phenoxy) is 1. The third-order valence-corrected chi connectivity index (χ3v) is 4.93. The van der Waals surface area contributed by atoms with E-state index >= 15 is 0 Å². The molecular weight excluding hydrogens is 266 g/mol. The lowest BCUT2D eigenvalue weighted by Crippen LogP contribution is -2.44. The molecule has 1 aliphatic carbocycles. The molecule has 0 N–H and O–H groups in total. The molecule has 0 bridgehead atoms. The van der Waals surface area contributed by atoms with E-state index in [0.717, 1.165) is 44.6 Å². The normalized spacial score (nSPS) is 20.6. The number of carbonyl (C=O) groups is 1. The molecule has 1 aliphatic heterocycles. The molecule has 1 saturated heterocycles. The molecule has 2 aliphatic rings. The Morgan fingerprint density at radius 2 is 2.05 bits per heavy atom. The first-order valence-electron chi connectivity index (χ1n) is 8.01. The first-order valence-corrected chi connectivity index (χ1v) is 8.01. The van der Waals surface area contributed by atoms with Gasteiger partial charge in [0.05, 0.1) is 0 Å². The van der Waals surface area contributed by atoms with Crippen LogP contribution in [-0.2, 0) is 16.1 Å². The molecule has 21 heavy (non-hydrogen) atoms. The molecule has 0 unspecified atom stereocenters. The molecule has 5 heteroatoms. The highest BCUT2D eigenvalue weighted by Crippen LogP contribution is 2.31. The Morgan fingerprint density at radius 1 is 1.33 bits per heavy atom. The Bertz CT molecular complexity index is 500. The number of rotatable bonds is 4.